The van der Waals surface area contributed by atoms with E-state index in [1.165, 1.54) is 66.7 Å². The highest BCUT2D eigenvalue weighted by atomic mass is 15.1. The summed E-state index contributed by atoms with van der Waals surface area (Å²) in [7, 11) is 0. The van der Waals surface area contributed by atoms with Crippen LogP contribution in [0.1, 0.15) is 61.5 Å². The summed E-state index contributed by atoms with van der Waals surface area (Å²) < 4.78 is 0. The first kappa shape index (κ1) is 20.3. The minimum absolute atomic E-state index is 0.762. The second-order valence-corrected chi connectivity index (χ2v) is 9.65. The molecular weight excluding hydrogens is 398 g/mol. The molecule has 0 amide bonds. The van der Waals surface area contributed by atoms with Crippen molar-refractivity contribution in [1.82, 2.24) is 0 Å². The zero-order valence-electron chi connectivity index (χ0n) is 19.2. The zero-order valence-corrected chi connectivity index (χ0v) is 19.2. The highest BCUT2D eigenvalue weighted by Gasteiger charge is 2.28. The Hall–Kier alpha value is -3.32. The molecule has 0 N–H and O–H groups in total. The normalized spacial score (nSPS) is 19.4. The smallest absolute Gasteiger partial charge is 0.0462 e. The molecule has 6 rings (SSSR count). The highest BCUT2D eigenvalue weighted by Crippen LogP contribution is 2.46. The topological polar surface area (TPSA) is 3.24 Å². The summed E-state index contributed by atoms with van der Waals surface area (Å²) >= 11 is 0. The van der Waals surface area contributed by atoms with E-state index >= 15 is 0 Å². The van der Waals surface area contributed by atoms with Crippen LogP contribution in [0.2, 0.25) is 0 Å². The van der Waals surface area contributed by atoms with E-state index in [0.29, 0.717) is 0 Å². The second-order valence-electron chi connectivity index (χ2n) is 9.65. The average molecular weight is 430 g/mol. The third-order valence-electron chi connectivity index (χ3n) is 7.66. The van der Waals surface area contributed by atoms with Crippen molar-refractivity contribution in [3.05, 3.63) is 114 Å². The van der Waals surface area contributed by atoms with Crippen LogP contribution in [0.25, 0.3) is 11.1 Å². The number of anilines is 3. The van der Waals surface area contributed by atoms with Crippen LogP contribution in [0.4, 0.5) is 17.1 Å². The number of hydrogen-bond donors (Lipinski definition) is 0. The van der Waals surface area contributed by atoms with Crippen LogP contribution >= 0.6 is 0 Å². The van der Waals surface area contributed by atoms with E-state index in [1.54, 1.807) is 11.1 Å². The maximum atomic E-state index is 2.52. The van der Waals surface area contributed by atoms with Crippen molar-refractivity contribution in [2.45, 2.75) is 50.4 Å². The first-order valence-corrected chi connectivity index (χ1v) is 12.5. The molecule has 1 heteroatoms. The average Bonchev–Trinajstić information content (AvgIpc) is 3.14. The van der Waals surface area contributed by atoms with E-state index in [-0.39, 0.29) is 0 Å². The van der Waals surface area contributed by atoms with Crippen LogP contribution in [-0.2, 0) is 0 Å². The van der Waals surface area contributed by atoms with E-state index in [9.17, 15) is 0 Å². The summed E-state index contributed by atoms with van der Waals surface area (Å²) in [4.78, 5) is 2.32. The highest BCUT2D eigenvalue weighted by molar-refractivity contribution is 5.78. The van der Waals surface area contributed by atoms with Gasteiger partial charge in [0, 0.05) is 17.1 Å². The van der Waals surface area contributed by atoms with Gasteiger partial charge in [0.15, 0.2) is 0 Å². The molecule has 0 fully saturated rings. The molecule has 33 heavy (non-hydrogen) atoms. The summed E-state index contributed by atoms with van der Waals surface area (Å²) in [6.45, 7) is 0. The quantitative estimate of drug-likeness (QED) is 0.312. The fourth-order valence-corrected chi connectivity index (χ4v) is 6.02. The van der Waals surface area contributed by atoms with Gasteiger partial charge in [-0.15, -0.1) is 0 Å². The van der Waals surface area contributed by atoms with Gasteiger partial charge in [0.25, 0.3) is 0 Å². The Morgan fingerprint density at radius 2 is 0.939 bits per heavy atom. The molecule has 0 spiro atoms. The summed E-state index contributed by atoms with van der Waals surface area (Å²) in [5.41, 5.74) is 9.49. The largest absolute Gasteiger partial charge is 0.311 e. The number of benzene rings is 4. The van der Waals surface area contributed by atoms with Gasteiger partial charge in [0.2, 0.25) is 0 Å². The molecular formula is C32H31N. The van der Waals surface area contributed by atoms with Gasteiger partial charge in [-0.3, -0.25) is 0 Å². The first-order valence-electron chi connectivity index (χ1n) is 12.5. The maximum Gasteiger partial charge on any atom is 0.0462 e. The van der Waals surface area contributed by atoms with Crippen LogP contribution in [-0.4, -0.2) is 0 Å². The van der Waals surface area contributed by atoms with Crippen molar-refractivity contribution >= 4 is 17.1 Å². The molecule has 164 valence electrons. The SMILES string of the molecule is c1ccc(N(c2ccccc2)c2ccc(-c3ccc4c(c3)C3CCCC4CCC3)cc2)cc1. The van der Waals surface area contributed by atoms with Crippen molar-refractivity contribution in [2.24, 2.45) is 0 Å². The molecule has 0 saturated heterocycles. The van der Waals surface area contributed by atoms with Crippen molar-refractivity contribution < 1.29 is 0 Å². The molecule has 0 radical (unpaired) electrons. The third-order valence-corrected chi connectivity index (χ3v) is 7.66. The summed E-state index contributed by atoms with van der Waals surface area (Å²) in [6, 6.07) is 37.7. The Kier molecular flexibility index (Phi) is 5.48. The van der Waals surface area contributed by atoms with Gasteiger partial charge in [0.05, 0.1) is 0 Å². The van der Waals surface area contributed by atoms with E-state index in [0.717, 1.165) is 11.8 Å². The Labute approximate surface area is 197 Å². The van der Waals surface area contributed by atoms with Gasteiger partial charge >= 0.3 is 0 Å². The molecule has 0 atom stereocenters. The van der Waals surface area contributed by atoms with E-state index in [2.05, 4.69) is 108 Å². The standard InChI is InChI=1S/C32H31N/c1-3-13-28(14-4-1)33(29-15-5-2-6-16-29)30-20-17-24(18-21-30)27-19-22-31-25-9-7-11-26(12-8-10-25)32(31)23-27/h1-6,13-23,25-26H,7-12H2. The van der Waals surface area contributed by atoms with E-state index in [1.807, 2.05) is 0 Å². The lowest BCUT2D eigenvalue weighted by atomic mass is 9.88. The molecule has 0 saturated carbocycles. The Morgan fingerprint density at radius 1 is 0.455 bits per heavy atom. The number of hydrogen-bond acceptors (Lipinski definition) is 1. The van der Waals surface area contributed by atoms with E-state index < -0.39 is 0 Å². The fourth-order valence-electron chi connectivity index (χ4n) is 6.02. The predicted octanol–water partition coefficient (Wildman–Crippen LogP) is 9.36. The van der Waals surface area contributed by atoms with Crippen molar-refractivity contribution in [3.63, 3.8) is 0 Å². The number of rotatable bonds is 4. The molecule has 2 aliphatic carbocycles. The van der Waals surface area contributed by atoms with Crippen molar-refractivity contribution in [3.8, 4) is 11.1 Å². The molecule has 2 bridgehead atoms. The van der Waals surface area contributed by atoms with Crippen LogP contribution in [0, 0.1) is 0 Å². The van der Waals surface area contributed by atoms with E-state index in [4.69, 9.17) is 0 Å². The molecule has 0 aromatic heterocycles. The van der Waals surface area contributed by atoms with Gasteiger partial charge in [-0.25, -0.2) is 0 Å². The van der Waals surface area contributed by atoms with Crippen molar-refractivity contribution in [1.29, 1.82) is 0 Å². The van der Waals surface area contributed by atoms with Crippen molar-refractivity contribution in [2.75, 3.05) is 4.90 Å². The minimum Gasteiger partial charge on any atom is -0.311 e. The molecule has 1 nitrogen and oxygen atoms in total. The second kappa shape index (κ2) is 8.90. The van der Waals surface area contributed by atoms with Crippen LogP contribution in [0.5, 0.6) is 0 Å². The van der Waals surface area contributed by atoms with Gasteiger partial charge in [-0.1, -0.05) is 79.6 Å². The van der Waals surface area contributed by atoms with Crippen LogP contribution < -0.4 is 4.90 Å². The maximum absolute atomic E-state index is 2.52. The lowest BCUT2D eigenvalue weighted by molar-refractivity contribution is 0.452. The van der Waals surface area contributed by atoms with Gasteiger partial charge in [-0.2, -0.15) is 0 Å². The first-order chi connectivity index (χ1) is 16.4. The number of nitrogens with zero attached hydrogens (tertiary/aromatic N) is 1. The zero-order chi connectivity index (χ0) is 22.0. The molecule has 0 heterocycles. The summed E-state index contributed by atoms with van der Waals surface area (Å²) in [6.07, 6.45) is 8.29. The van der Waals surface area contributed by atoms with Gasteiger partial charge < -0.3 is 4.90 Å². The molecule has 4 aromatic rings. The molecule has 0 unspecified atom stereocenters. The van der Waals surface area contributed by atoms with Crippen LogP contribution in [0.15, 0.2) is 103 Å². The Morgan fingerprint density at radius 3 is 1.52 bits per heavy atom. The molecule has 4 aromatic carbocycles. The van der Waals surface area contributed by atoms with Crippen LogP contribution in [0.3, 0.4) is 0 Å². The number of para-hydroxylation sites is 2. The lowest BCUT2D eigenvalue weighted by Crippen LogP contribution is -2.09. The Balaban J connectivity index is 1.36. The fraction of sp³-hybridized carbons (Fsp3) is 0.250. The summed E-state index contributed by atoms with van der Waals surface area (Å²) in [5.74, 6) is 1.55. The van der Waals surface area contributed by atoms with Gasteiger partial charge in [0.1, 0.15) is 0 Å². The lowest BCUT2D eigenvalue weighted by Gasteiger charge is -2.25. The predicted molar refractivity (Wildman–Crippen MR) is 140 cm³/mol. The molecule has 2 aliphatic rings. The molecule has 0 aliphatic heterocycles. The Bertz CT molecular complexity index is 1160. The summed E-state index contributed by atoms with van der Waals surface area (Å²) in [5, 5.41) is 0. The monoisotopic (exact) mass is 429 g/mol. The van der Waals surface area contributed by atoms with Gasteiger partial charge in [-0.05, 0) is 96.2 Å². The third kappa shape index (κ3) is 3.97. The minimum atomic E-state index is 0.762.